The van der Waals surface area contributed by atoms with E-state index in [-0.39, 0.29) is 0 Å². The van der Waals surface area contributed by atoms with E-state index in [1.165, 1.54) is 12.1 Å². The molecule has 21 heavy (non-hydrogen) atoms. The molecule has 0 bridgehead atoms. The molecule has 0 saturated heterocycles. The van der Waals surface area contributed by atoms with Crippen LogP contribution in [0.5, 0.6) is 0 Å². The second-order valence-corrected chi connectivity index (χ2v) is 4.94. The molecule has 1 rings (SSSR count). The maximum Gasteiger partial charge on any atom is 0.416 e. The number of alkyl halides is 3. The highest BCUT2D eigenvalue weighted by Gasteiger charge is 2.29. The van der Waals surface area contributed by atoms with Crippen molar-refractivity contribution >= 4 is 11.7 Å². The molecule has 0 aliphatic heterocycles. The Morgan fingerprint density at radius 3 is 2.43 bits per heavy atom. The van der Waals surface area contributed by atoms with Gasteiger partial charge >= 0.3 is 12.2 Å². The van der Waals surface area contributed by atoms with Crippen molar-refractivity contribution in [2.24, 2.45) is 11.7 Å². The molecule has 2 amide bonds. The van der Waals surface area contributed by atoms with Gasteiger partial charge in [0.25, 0.3) is 0 Å². The molecule has 0 spiro atoms. The number of anilines is 1. The van der Waals surface area contributed by atoms with E-state index in [0.717, 1.165) is 25.0 Å². The number of hydrogen-bond donors (Lipinski definition) is 3. The average Bonchev–Trinajstić information content (AvgIpc) is 2.43. The number of rotatable bonds is 6. The highest BCUT2D eigenvalue weighted by atomic mass is 19.4. The minimum absolute atomic E-state index is 0.316. The molecule has 0 radical (unpaired) electrons. The summed E-state index contributed by atoms with van der Waals surface area (Å²) in [6.07, 6.45) is -2.66. The van der Waals surface area contributed by atoms with E-state index in [1.807, 2.05) is 6.92 Å². The van der Waals surface area contributed by atoms with E-state index in [4.69, 9.17) is 5.73 Å². The second-order valence-electron chi connectivity index (χ2n) is 4.94. The van der Waals surface area contributed by atoms with Gasteiger partial charge in [0, 0.05) is 12.2 Å². The van der Waals surface area contributed by atoms with E-state index in [0.29, 0.717) is 24.7 Å². The van der Waals surface area contributed by atoms with Crippen LogP contribution in [0, 0.1) is 5.92 Å². The van der Waals surface area contributed by atoms with Crippen LogP contribution in [0.25, 0.3) is 0 Å². The Morgan fingerprint density at radius 2 is 1.90 bits per heavy atom. The number of carbonyl (C=O) groups is 1. The number of carbonyl (C=O) groups excluding carboxylic acids is 1. The lowest BCUT2D eigenvalue weighted by molar-refractivity contribution is -0.137. The Kier molecular flexibility index (Phi) is 6.48. The average molecular weight is 303 g/mol. The van der Waals surface area contributed by atoms with Gasteiger partial charge in [-0.05, 0) is 49.6 Å². The van der Waals surface area contributed by atoms with Crippen LogP contribution < -0.4 is 16.4 Å². The van der Waals surface area contributed by atoms with Gasteiger partial charge in [-0.25, -0.2) is 4.79 Å². The van der Waals surface area contributed by atoms with Crippen LogP contribution in [0.4, 0.5) is 23.7 Å². The fourth-order valence-corrected chi connectivity index (χ4v) is 1.69. The molecule has 0 fully saturated rings. The normalized spacial score (nSPS) is 12.8. The molecule has 1 aromatic carbocycles. The quantitative estimate of drug-likeness (QED) is 0.706. The van der Waals surface area contributed by atoms with Gasteiger partial charge in [0.2, 0.25) is 0 Å². The maximum atomic E-state index is 12.4. The molecule has 0 heterocycles. The molecule has 4 nitrogen and oxygen atoms in total. The Hall–Kier alpha value is -1.76. The number of halogens is 3. The molecule has 118 valence electrons. The van der Waals surface area contributed by atoms with Gasteiger partial charge in [0.1, 0.15) is 0 Å². The molecule has 1 aromatic rings. The first-order valence-corrected chi connectivity index (χ1v) is 6.75. The lowest BCUT2D eigenvalue weighted by Crippen LogP contribution is -2.29. The monoisotopic (exact) mass is 303 g/mol. The fourth-order valence-electron chi connectivity index (χ4n) is 1.69. The van der Waals surface area contributed by atoms with Crippen molar-refractivity contribution in [1.82, 2.24) is 5.32 Å². The zero-order valence-corrected chi connectivity index (χ0v) is 11.8. The van der Waals surface area contributed by atoms with Gasteiger partial charge < -0.3 is 16.4 Å². The molecule has 7 heteroatoms. The predicted molar refractivity (Wildman–Crippen MR) is 75.9 cm³/mol. The number of benzene rings is 1. The third-order valence-electron chi connectivity index (χ3n) is 3.03. The molecule has 1 unspecified atom stereocenters. The van der Waals surface area contributed by atoms with Crippen molar-refractivity contribution in [2.45, 2.75) is 25.9 Å². The Bertz CT molecular complexity index is 446. The minimum atomic E-state index is -4.37. The molecule has 0 aliphatic carbocycles. The number of nitrogens with two attached hydrogens (primary N) is 1. The van der Waals surface area contributed by atoms with Crippen molar-refractivity contribution in [3.63, 3.8) is 0 Å². The summed E-state index contributed by atoms with van der Waals surface area (Å²) < 4.78 is 37.1. The fraction of sp³-hybridized carbons (Fsp3) is 0.500. The summed E-state index contributed by atoms with van der Waals surface area (Å²) >= 11 is 0. The number of amides is 2. The van der Waals surface area contributed by atoms with Gasteiger partial charge in [0.15, 0.2) is 0 Å². The molecule has 0 aromatic heterocycles. The summed E-state index contributed by atoms with van der Waals surface area (Å²) in [5.41, 5.74) is 5.05. The summed E-state index contributed by atoms with van der Waals surface area (Å²) in [4.78, 5) is 11.5. The molecule has 0 saturated carbocycles. The minimum Gasteiger partial charge on any atom is -0.338 e. The molecular formula is C14H20F3N3O. The summed E-state index contributed by atoms with van der Waals surface area (Å²) in [5.74, 6) is 0.407. The predicted octanol–water partition coefficient (Wildman–Crippen LogP) is 3.20. The lowest BCUT2D eigenvalue weighted by atomic mass is 10.1. The van der Waals surface area contributed by atoms with Gasteiger partial charge in [-0.15, -0.1) is 0 Å². The van der Waals surface area contributed by atoms with Crippen LogP contribution in [-0.2, 0) is 6.18 Å². The maximum absolute atomic E-state index is 12.4. The van der Waals surface area contributed by atoms with Crippen LogP contribution in [0.3, 0.4) is 0 Å². The first-order chi connectivity index (χ1) is 9.82. The van der Waals surface area contributed by atoms with Crippen LogP contribution >= 0.6 is 0 Å². The first kappa shape index (κ1) is 17.3. The number of hydrogen-bond acceptors (Lipinski definition) is 2. The van der Waals surface area contributed by atoms with E-state index in [2.05, 4.69) is 10.6 Å². The van der Waals surface area contributed by atoms with Crippen LogP contribution in [-0.4, -0.2) is 19.1 Å². The Balaban J connectivity index is 2.35. The summed E-state index contributed by atoms with van der Waals surface area (Å²) in [6.45, 7) is 3.14. The van der Waals surface area contributed by atoms with Crippen molar-refractivity contribution in [3.8, 4) is 0 Å². The summed E-state index contributed by atoms with van der Waals surface area (Å²) in [6, 6.07) is 3.87. The topological polar surface area (TPSA) is 67.1 Å². The van der Waals surface area contributed by atoms with E-state index >= 15 is 0 Å². The van der Waals surface area contributed by atoms with Gasteiger partial charge in [-0.3, -0.25) is 0 Å². The molecule has 0 aliphatic rings. The van der Waals surface area contributed by atoms with Crippen molar-refractivity contribution in [1.29, 1.82) is 0 Å². The number of nitrogens with one attached hydrogen (secondary N) is 2. The highest BCUT2D eigenvalue weighted by Crippen LogP contribution is 2.29. The first-order valence-electron chi connectivity index (χ1n) is 6.75. The van der Waals surface area contributed by atoms with Crippen molar-refractivity contribution in [3.05, 3.63) is 29.8 Å². The highest BCUT2D eigenvalue weighted by molar-refractivity contribution is 5.89. The van der Waals surface area contributed by atoms with Gasteiger partial charge in [-0.1, -0.05) is 6.92 Å². The smallest absolute Gasteiger partial charge is 0.338 e. The SMILES string of the molecule is CC(CN)CCCNC(=O)Nc1ccc(C(F)(F)F)cc1. The second kappa shape index (κ2) is 7.87. The lowest BCUT2D eigenvalue weighted by Gasteiger charge is -2.11. The van der Waals surface area contributed by atoms with Crippen LogP contribution in [0.15, 0.2) is 24.3 Å². The van der Waals surface area contributed by atoms with E-state index in [9.17, 15) is 18.0 Å². The number of urea groups is 1. The van der Waals surface area contributed by atoms with Gasteiger partial charge in [-0.2, -0.15) is 13.2 Å². The van der Waals surface area contributed by atoms with Crippen molar-refractivity contribution < 1.29 is 18.0 Å². The van der Waals surface area contributed by atoms with E-state index < -0.39 is 17.8 Å². The van der Waals surface area contributed by atoms with Crippen LogP contribution in [0.2, 0.25) is 0 Å². The summed E-state index contributed by atoms with van der Waals surface area (Å²) in [7, 11) is 0. The molecule has 1 atom stereocenters. The largest absolute Gasteiger partial charge is 0.416 e. The van der Waals surface area contributed by atoms with E-state index in [1.54, 1.807) is 0 Å². The Morgan fingerprint density at radius 1 is 1.29 bits per heavy atom. The third kappa shape index (κ3) is 6.48. The Labute approximate surface area is 121 Å². The zero-order valence-electron chi connectivity index (χ0n) is 11.8. The van der Waals surface area contributed by atoms with Crippen LogP contribution in [0.1, 0.15) is 25.3 Å². The third-order valence-corrected chi connectivity index (χ3v) is 3.03. The van der Waals surface area contributed by atoms with Crippen molar-refractivity contribution in [2.75, 3.05) is 18.4 Å². The molecular weight excluding hydrogens is 283 g/mol. The summed E-state index contributed by atoms with van der Waals surface area (Å²) in [5, 5.41) is 5.12. The van der Waals surface area contributed by atoms with Gasteiger partial charge in [0.05, 0.1) is 5.56 Å². The molecule has 4 N–H and O–H groups in total. The standard InChI is InChI=1S/C14H20F3N3O/c1-10(9-18)3-2-8-19-13(21)20-12-6-4-11(5-7-12)14(15,16)17/h4-7,10H,2-3,8-9,18H2,1H3,(H2,19,20,21). The zero-order chi connectivity index (χ0) is 15.9.